The first-order valence-corrected chi connectivity index (χ1v) is 7.64. The molecule has 2 heterocycles. The lowest BCUT2D eigenvalue weighted by Gasteiger charge is -2.32. The van der Waals surface area contributed by atoms with Crippen molar-refractivity contribution in [2.24, 2.45) is 0 Å². The largest absolute Gasteiger partial charge is 0.424 e. The topological polar surface area (TPSA) is 42.2 Å². The van der Waals surface area contributed by atoms with Crippen LogP contribution in [-0.4, -0.2) is 28.2 Å². The van der Waals surface area contributed by atoms with Gasteiger partial charge in [-0.3, -0.25) is 4.90 Å². The second kappa shape index (κ2) is 6.52. The molecule has 4 nitrogen and oxygen atoms in total. The molecule has 1 atom stereocenters. The van der Waals surface area contributed by atoms with Crippen molar-refractivity contribution < 1.29 is 13.2 Å². The number of halogens is 2. The Kier molecular flexibility index (Phi) is 4.47. The molecule has 0 saturated carbocycles. The predicted molar refractivity (Wildman–Crippen MR) is 77.3 cm³/mol. The number of benzene rings is 1. The van der Waals surface area contributed by atoms with Gasteiger partial charge in [-0.2, -0.15) is 0 Å². The molecule has 0 radical (unpaired) electrons. The average Bonchev–Trinajstić information content (AvgIpc) is 2.97. The van der Waals surface area contributed by atoms with Crippen LogP contribution >= 0.6 is 0 Å². The maximum Gasteiger partial charge on any atom is 0.230 e. The molecule has 2 aromatic rings. The molecular formula is C16H19F2N3O. The van der Waals surface area contributed by atoms with E-state index in [1.807, 2.05) is 6.92 Å². The minimum absolute atomic E-state index is 0.00184. The summed E-state index contributed by atoms with van der Waals surface area (Å²) in [7, 11) is 0. The van der Waals surface area contributed by atoms with Crippen LogP contribution in [0.1, 0.15) is 43.0 Å². The van der Waals surface area contributed by atoms with E-state index in [9.17, 15) is 8.78 Å². The molecule has 1 aromatic carbocycles. The summed E-state index contributed by atoms with van der Waals surface area (Å²) >= 11 is 0. The fourth-order valence-corrected chi connectivity index (χ4v) is 2.97. The Morgan fingerprint density at radius 3 is 2.86 bits per heavy atom. The third kappa shape index (κ3) is 3.32. The molecule has 0 amide bonds. The highest BCUT2D eigenvalue weighted by Crippen LogP contribution is 2.29. The zero-order chi connectivity index (χ0) is 15.5. The Labute approximate surface area is 128 Å². The van der Waals surface area contributed by atoms with Gasteiger partial charge in [-0.25, -0.2) is 8.78 Å². The summed E-state index contributed by atoms with van der Waals surface area (Å²) in [5, 5.41) is 7.97. The Morgan fingerprint density at radius 2 is 2.09 bits per heavy atom. The van der Waals surface area contributed by atoms with E-state index >= 15 is 0 Å². The second-order valence-electron chi connectivity index (χ2n) is 5.68. The van der Waals surface area contributed by atoms with E-state index in [-0.39, 0.29) is 11.7 Å². The fraction of sp³-hybridized carbons (Fsp3) is 0.500. The number of likely N-dealkylation sites (tertiary alicyclic amines) is 1. The highest BCUT2D eigenvalue weighted by molar-refractivity contribution is 5.23. The van der Waals surface area contributed by atoms with Crippen molar-refractivity contribution in [2.75, 3.05) is 13.1 Å². The van der Waals surface area contributed by atoms with Crippen LogP contribution in [0.15, 0.2) is 22.6 Å². The van der Waals surface area contributed by atoms with Gasteiger partial charge in [-0.05, 0) is 49.1 Å². The summed E-state index contributed by atoms with van der Waals surface area (Å²) in [6, 6.07) is 3.67. The minimum Gasteiger partial charge on any atom is -0.424 e. The van der Waals surface area contributed by atoms with Crippen molar-refractivity contribution in [3.63, 3.8) is 0 Å². The number of aryl methyl sites for hydroxylation is 1. The van der Waals surface area contributed by atoms with Crippen LogP contribution in [0.4, 0.5) is 8.78 Å². The molecule has 1 saturated heterocycles. The highest BCUT2D eigenvalue weighted by atomic mass is 19.1. The van der Waals surface area contributed by atoms with Gasteiger partial charge in [0.25, 0.3) is 0 Å². The van der Waals surface area contributed by atoms with Crippen LogP contribution in [0.25, 0.3) is 0 Å². The van der Waals surface area contributed by atoms with Gasteiger partial charge in [0.15, 0.2) is 0 Å². The lowest BCUT2D eigenvalue weighted by molar-refractivity contribution is 0.181. The number of aromatic nitrogens is 2. The molecule has 1 unspecified atom stereocenters. The Morgan fingerprint density at radius 1 is 1.27 bits per heavy atom. The van der Waals surface area contributed by atoms with Crippen LogP contribution in [0.2, 0.25) is 0 Å². The molecule has 3 rings (SSSR count). The van der Waals surface area contributed by atoms with Gasteiger partial charge in [0.1, 0.15) is 11.6 Å². The van der Waals surface area contributed by atoms with E-state index in [1.54, 1.807) is 0 Å². The zero-order valence-electron chi connectivity index (χ0n) is 12.6. The van der Waals surface area contributed by atoms with Crippen molar-refractivity contribution in [2.45, 2.75) is 38.6 Å². The summed E-state index contributed by atoms with van der Waals surface area (Å²) in [6.45, 7) is 4.09. The lowest BCUT2D eigenvalue weighted by Crippen LogP contribution is -2.34. The first-order valence-electron chi connectivity index (χ1n) is 7.64. The maximum absolute atomic E-state index is 13.9. The van der Waals surface area contributed by atoms with Crippen LogP contribution in [0.3, 0.4) is 0 Å². The summed E-state index contributed by atoms with van der Waals surface area (Å²) < 4.78 is 32.8. The maximum atomic E-state index is 13.9. The third-order valence-corrected chi connectivity index (χ3v) is 4.07. The molecule has 0 spiro atoms. The third-order valence-electron chi connectivity index (χ3n) is 4.07. The SMILES string of the molecule is CCc1nnc(CN2CCCC(c3cc(F)ccc3F)C2)o1. The van der Waals surface area contributed by atoms with Gasteiger partial charge >= 0.3 is 0 Å². The lowest BCUT2D eigenvalue weighted by atomic mass is 9.90. The van der Waals surface area contributed by atoms with E-state index in [4.69, 9.17) is 4.42 Å². The van der Waals surface area contributed by atoms with E-state index in [0.29, 0.717) is 36.9 Å². The monoisotopic (exact) mass is 307 g/mol. The minimum atomic E-state index is -0.391. The smallest absolute Gasteiger partial charge is 0.230 e. The Hall–Kier alpha value is -1.82. The molecule has 6 heteroatoms. The first-order chi connectivity index (χ1) is 10.7. The van der Waals surface area contributed by atoms with Gasteiger partial charge in [0.2, 0.25) is 11.8 Å². The second-order valence-corrected chi connectivity index (χ2v) is 5.68. The molecule has 1 aromatic heterocycles. The molecule has 22 heavy (non-hydrogen) atoms. The van der Waals surface area contributed by atoms with Crippen molar-refractivity contribution >= 4 is 0 Å². The zero-order valence-corrected chi connectivity index (χ0v) is 12.6. The Balaban J connectivity index is 1.69. The van der Waals surface area contributed by atoms with Crippen LogP contribution in [0.5, 0.6) is 0 Å². The quantitative estimate of drug-likeness (QED) is 0.869. The van der Waals surface area contributed by atoms with Crippen molar-refractivity contribution in [1.29, 1.82) is 0 Å². The van der Waals surface area contributed by atoms with Crippen molar-refractivity contribution in [3.8, 4) is 0 Å². The molecule has 0 bridgehead atoms. The van der Waals surface area contributed by atoms with Gasteiger partial charge in [-0.1, -0.05) is 6.92 Å². The fourth-order valence-electron chi connectivity index (χ4n) is 2.97. The summed E-state index contributed by atoms with van der Waals surface area (Å²) in [4.78, 5) is 2.16. The normalized spacial score (nSPS) is 19.5. The van der Waals surface area contributed by atoms with E-state index in [2.05, 4.69) is 15.1 Å². The van der Waals surface area contributed by atoms with Gasteiger partial charge < -0.3 is 4.42 Å². The first kappa shape index (κ1) is 15.1. The highest BCUT2D eigenvalue weighted by Gasteiger charge is 2.25. The van der Waals surface area contributed by atoms with E-state index in [0.717, 1.165) is 25.5 Å². The molecule has 1 aliphatic heterocycles. The average molecular weight is 307 g/mol. The number of rotatable bonds is 4. The van der Waals surface area contributed by atoms with Crippen LogP contribution in [0, 0.1) is 11.6 Å². The molecular weight excluding hydrogens is 288 g/mol. The number of piperidine rings is 1. The molecule has 0 N–H and O–H groups in total. The summed E-state index contributed by atoms with van der Waals surface area (Å²) in [5.74, 6) is 0.479. The van der Waals surface area contributed by atoms with Crippen molar-refractivity contribution in [1.82, 2.24) is 15.1 Å². The summed E-state index contributed by atoms with van der Waals surface area (Å²) in [6.07, 6.45) is 2.51. The molecule has 118 valence electrons. The van der Waals surface area contributed by atoms with Gasteiger partial charge in [0.05, 0.1) is 6.54 Å². The van der Waals surface area contributed by atoms with Crippen molar-refractivity contribution in [3.05, 3.63) is 47.2 Å². The van der Waals surface area contributed by atoms with Crippen LogP contribution < -0.4 is 0 Å². The van der Waals surface area contributed by atoms with E-state index in [1.165, 1.54) is 12.1 Å². The predicted octanol–water partition coefficient (Wildman–Crippen LogP) is 3.29. The van der Waals surface area contributed by atoms with Crippen LogP contribution in [-0.2, 0) is 13.0 Å². The molecule has 1 fully saturated rings. The Bertz CT molecular complexity index is 644. The van der Waals surface area contributed by atoms with Gasteiger partial charge in [-0.15, -0.1) is 10.2 Å². The number of nitrogens with zero attached hydrogens (tertiary/aromatic N) is 3. The standard InChI is InChI=1S/C16H19F2N3O/c1-2-15-19-20-16(22-15)10-21-7-3-4-11(9-21)13-8-12(17)5-6-14(13)18/h5-6,8,11H,2-4,7,9-10H2,1H3. The molecule has 1 aliphatic rings. The molecule has 0 aliphatic carbocycles. The van der Waals surface area contributed by atoms with E-state index < -0.39 is 5.82 Å². The summed E-state index contributed by atoms with van der Waals surface area (Å²) in [5.41, 5.74) is 0.462. The number of hydrogen-bond donors (Lipinski definition) is 0. The number of hydrogen-bond acceptors (Lipinski definition) is 4. The van der Waals surface area contributed by atoms with Gasteiger partial charge in [0, 0.05) is 13.0 Å².